The van der Waals surface area contributed by atoms with E-state index in [1.165, 1.54) is 0 Å². The molecule has 2 atom stereocenters. The predicted octanol–water partition coefficient (Wildman–Crippen LogP) is 2.30. The lowest BCUT2D eigenvalue weighted by atomic mass is 10.1. The molecule has 1 N–H and O–H groups in total. The zero-order valence-corrected chi connectivity index (χ0v) is 9.03. The normalized spacial score (nSPS) is 20.4. The van der Waals surface area contributed by atoms with E-state index in [9.17, 15) is 4.79 Å². The average Bonchev–Trinajstić information content (AvgIpc) is 2.88. The van der Waals surface area contributed by atoms with Gasteiger partial charge >= 0.3 is 5.97 Å². The second-order valence-corrected chi connectivity index (χ2v) is 4.32. The second-order valence-electron chi connectivity index (χ2n) is 4.32. The number of hydrogen-bond donors (Lipinski definition) is 1. The molecule has 0 spiro atoms. The van der Waals surface area contributed by atoms with Gasteiger partial charge in [0.1, 0.15) is 0 Å². The van der Waals surface area contributed by atoms with E-state index in [1.807, 2.05) is 0 Å². The van der Waals surface area contributed by atoms with Crippen LogP contribution >= 0.6 is 0 Å². The van der Waals surface area contributed by atoms with E-state index in [1.54, 1.807) is 0 Å². The van der Waals surface area contributed by atoms with Crippen LogP contribution in [0.5, 0.6) is 0 Å². The molecule has 0 aliphatic heterocycles. The first-order chi connectivity index (χ1) is 6.65. The molecule has 3 nitrogen and oxygen atoms in total. The van der Waals surface area contributed by atoms with Crippen molar-refractivity contribution in [2.45, 2.75) is 45.6 Å². The summed E-state index contributed by atoms with van der Waals surface area (Å²) in [5.74, 6) is -0.0434. The Morgan fingerprint density at radius 3 is 2.64 bits per heavy atom. The van der Waals surface area contributed by atoms with Gasteiger partial charge in [0.15, 0.2) is 6.10 Å². The molecule has 0 bridgehead atoms. The van der Waals surface area contributed by atoms with Gasteiger partial charge in [0.2, 0.25) is 0 Å². The van der Waals surface area contributed by atoms with E-state index in [0.29, 0.717) is 12.5 Å². The number of carboxylic acid groups (broad SMARTS) is 1. The number of carboxylic acids is 1. The molecular formula is C11H20O3. The van der Waals surface area contributed by atoms with Gasteiger partial charge in [-0.15, -0.1) is 0 Å². The molecule has 0 saturated heterocycles. The van der Waals surface area contributed by atoms with Crippen molar-refractivity contribution < 1.29 is 14.6 Å². The van der Waals surface area contributed by atoms with Gasteiger partial charge in [0.05, 0.1) is 6.61 Å². The van der Waals surface area contributed by atoms with Crippen molar-refractivity contribution in [2.24, 2.45) is 11.8 Å². The standard InChI is InChI=1S/C11H20O3/c1-3-4-8(2)7-14-10(11(12)13)9-5-6-9/h8-10H,3-7H2,1-2H3,(H,12,13). The molecule has 1 rings (SSSR count). The topological polar surface area (TPSA) is 46.5 Å². The van der Waals surface area contributed by atoms with Gasteiger partial charge in [-0.1, -0.05) is 20.3 Å². The average molecular weight is 200 g/mol. The Morgan fingerprint density at radius 1 is 1.57 bits per heavy atom. The molecule has 1 saturated carbocycles. The lowest BCUT2D eigenvalue weighted by Crippen LogP contribution is -2.28. The minimum absolute atomic E-state index is 0.279. The van der Waals surface area contributed by atoms with Gasteiger partial charge < -0.3 is 9.84 Å². The molecule has 14 heavy (non-hydrogen) atoms. The van der Waals surface area contributed by atoms with Crippen molar-refractivity contribution in [3.63, 3.8) is 0 Å². The fourth-order valence-electron chi connectivity index (χ4n) is 1.65. The molecule has 82 valence electrons. The summed E-state index contributed by atoms with van der Waals surface area (Å²) >= 11 is 0. The van der Waals surface area contributed by atoms with E-state index in [4.69, 9.17) is 9.84 Å². The van der Waals surface area contributed by atoms with Gasteiger partial charge in [0.25, 0.3) is 0 Å². The van der Waals surface area contributed by atoms with Crippen molar-refractivity contribution in [3.8, 4) is 0 Å². The van der Waals surface area contributed by atoms with Gasteiger partial charge in [-0.3, -0.25) is 0 Å². The van der Waals surface area contributed by atoms with Gasteiger partial charge in [-0.2, -0.15) is 0 Å². The molecule has 2 unspecified atom stereocenters. The lowest BCUT2D eigenvalue weighted by molar-refractivity contribution is -0.152. The quantitative estimate of drug-likeness (QED) is 0.686. The van der Waals surface area contributed by atoms with Gasteiger partial charge in [-0.05, 0) is 31.1 Å². The number of carbonyl (C=O) groups is 1. The van der Waals surface area contributed by atoms with Crippen LogP contribution in [0, 0.1) is 11.8 Å². The van der Waals surface area contributed by atoms with Crippen molar-refractivity contribution >= 4 is 5.97 Å². The maximum absolute atomic E-state index is 10.8. The fraction of sp³-hybridized carbons (Fsp3) is 0.909. The Kier molecular flexibility index (Phi) is 4.39. The first kappa shape index (κ1) is 11.5. The third-order valence-corrected chi connectivity index (χ3v) is 2.64. The van der Waals surface area contributed by atoms with E-state index < -0.39 is 12.1 Å². The summed E-state index contributed by atoms with van der Waals surface area (Å²) in [6, 6.07) is 0. The molecule has 1 aliphatic carbocycles. The van der Waals surface area contributed by atoms with E-state index >= 15 is 0 Å². The Hall–Kier alpha value is -0.570. The summed E-state index contributed by atoms with van der Waals surface area (Å²) in [4.78, 5) is 10.8. The number of aliphatic carboxylic acids is 1. The highest BCUT2D eigenvalue weighted by Crippen LogP contribution is 2.34. The smallest absolute Gasteiger partial charge is 0.333 e. The minimum Gasteiger partial charge on any atom is -0.479 e. The predicted molar refractivity (Wildman–Crippen MR) is 54.2 cm³/mol. The fourth-order valence-corrected chi connectivity index (χ4v) is 1.65. The molecule has 0 aromatic heterocycles. The summed E-state index contributed by atoms with van der Waals surface area (Å²) in [6.07, 6.45) is 3.72. The molecule has 1 aliphatic rings. The van der Waals surface area contributed by atoms with Crippen LogP contribution in [0.3, 0.4) is 0 Å². The zero-order chi connectivity index (χ0) is 10.6. The molecule has 1 fully saturated rings. The van der Waals surface area contributed by atoms with Crippen molar-refractivity contribution in [2.75, 3.05) is 6.61 Å². The Balaban J connectivity index is 2.22. The highest BCUT2D eigenvalue weighted by molar-refractivity contribution is 5.73. The maximum Gasteiger partial charge on any atom is 0.333 e. The van der Waals surface area contributed by atoms with Crippen LogP contribution in [0.15, 0.2) is 0 Å². The van der Waals surface area contributed by atoms with Crippen molar-refractivity contribution in [1.82, 2.24) is 0 Å². The zero-order valence-electron chi connectivity index (χ0n) is 9.03. The monoisotopic (exact) mass is 200 g/mol. The summed E-state index contributed by atoms with van der Waals surface area (Å²) < 4.78 is 5.44. The molecule has 3 heteroatoms. The Morgan fingerprint density at radius 2 is 2.21 bits per heavy atom. The first-order valence-electron chi connectivity index (χ1n) is 5.49. The van der Waals surface area contributed by atoms with Crippen molar-refractivity contribution in [1.29, 1.82) is 0 Å². The van der Waals surface area contributed by atoms with Crippen LogP contribution in [-0.2, 0) is 9.53 Å². The van der Waals surface area contributed by atoms with Gasteiger partial charge in [-0.25, -0.2) is 4.79 Å². The molecule has 0 aromatic carbocycles. The first-order valence-corrected chi connectivity index (χ1v) is 5.49. The number of ether oxygens (including phenoxy) is 1. The highest BCUT2D eigenvalue weighted by atomic mass is 16.5. The summed E-state index contributed by atoms with van der Waals surface area (Å²) in [6.45, 7) is 4.82. The second kappa shape index (κ2) is 5.35. The number of hydrogen-bond acceptors (Lipinski definition) is 2. The third-order valence-electron chi connectivity index (χ3n) is 2.64. The highest BCUT2D eigenvalue weighted by Gasteiger charge is 2.37. The van der Waals surface area contributed by atoms with Crippen LogP contribution in [-0.4, -0.2) is 23.8 Å². The van der Waals surface area contributed by atoms with Gasteiger partial charge in [0, 0.05) is 0 Å². The van der Waals surface area contributed by atoms with Crippen molar-refractivity contribution in [3.05, 3.63) is 0 Å². The largest absolute Gasteiger partial charge is 0.479 e. The Labute approximate surface area is 85.5 Å². The van der Waals surface area contributed by atoms with E-state index in [0.717, 1.165) is 25.7 Å². The summed E-state index contributed by atoms with van der Waals surface area (Å²) in [7, 11) is 0. The molecule has 0 amide bonds. The van der Waals surface area contributed by atoms with Crippen LogP contribution in [0.1, 0.15) is 39.5 Å². The lowest BCUT2D eigenvalue weighted by Gasteiger charge is -2.16. The van der Waals surface area contributed by atoms with Crippen LogP contribution in [0.4, 0.5) is 0 Å². The van der Waals surface area contributed by atoms with Crippen LogP contribution in [0.2, 0.25) is 0 Å². The molecule has 0 heterocycles. The molecule has 0 radical (unpaired) electrons. The van der Waals surface area contributed by atoms with E-state index in [-0.39, 0.29) is 5.92 Å². The minimum atomic E-state index is -0.795. The Bertz CT molecular complexity index is 187. The molecular weight excluding hydrogens is 180 g/mol. The SMILES string of the molecule is CCCC(C)COC(C(=O)O)C1CC1. The van der Waals surface area contributed by atoms with Crippen LogP contribution < -0.4 is 0 Å². The summed E-state index contributed by atoms with van der Waals surface area (Å²) in [5, 5.41) is 8.90. The summed E-state index contributed by atoms with van der Waals surface area (Å²) in [5.41, 5.74) is 0. The third kappa shape index (κ3) is 3.66. The maximum atomic E-state index is 10.8. The number of rotatable bonds is 7. The molecule has 0 aromatic rings. The van der Waals surface area contributed by atoms with Crippen LogP contribution in [0.25, 0.3) is 0 Å². The van der Waals surface area contributed by atoms with E-state index in [2.05, 4.69) is 13.8 Å².